The summed E-state index contributed by atoms with van der Waals surface area (Å²) in [5.74, 6) is 0.301. The summed E-state index contributed by atoms with van der Waals surface area (Å²) in [4.78, 5) is 11.8. The zero-order valence-corrected chi connectivity index (χ0v) is 13.9. The van der Waals surface area contributed by atoms with E-state index in [9.17, 15) is 4.79 Å². The Balaban J connectivity index is 1.94. The van der Waals surface area contributed by atoms with E-state index in [1.807, 2.05) is 24.3 Å². The molecule has 6 heteroatoms. The fraction of sp³-hybridized carbons (Fsp3) is 0.0667. The van der Waals surface area contributed by atoms with Crippen molar-refractivity contribution in [2.75, 3.05) is 11.9 Å². The highest BCUT2D eigenvalue weighted by molar-refractivity contribution is 9.11. The van der Waals surface area contributed by atoms with Gasteiger partial charge in [-0.2, -0.15) is 5.26 Å². The molecule has 1 amide bonds. The Morgan fingerprint density at radius 3 is 2.33 bits per heavy atom. The third kappa shape index (κ3) is 4.31. The number of rotatable bonds is 4. The highest BCUT2D eigenvalue weighted by atomic mass is 79.9. The molecule has 2 aromatic carbocycles. The van der Waals surface area contributed by atoms with Crippen LogP contribution in [0.2, 0.25) is 0 Å². The van der Waals surface area contributed by atoms with Crippen LogP contribution in [0.4, 0.5) is 5.69 Å². The lowest BCUT2D eigenvalue weighted by atomic mass is 10.2. The highest BCUT2D eigenvalue weighted by Gasteiger charge is 2.09. The fourth-order valence-corrected chi connectivity index (χ4v) is 2.81. The molecule has 0 aliphatic carbocycles. The van der Waals surface area contributed by atoms with Crippen LogP contribution in [0, 0.1) is 11.3 Å². The average molecular weight is 410 g/mol. The molecule has 0 saturated heterocycles. The normalized spacial score (nSPS) is 9.76. The summed E-state index contributed by atoms with van der Waals surface area (Å²) in [7, 11) is 0. The number of benzene rings is 2. The van der Waals surface area contributed by atoms with Crippen LogP contribution in [-0.4, -0.2) is 12.5 Å². The molecule has 0 heterocycles. The summed E-state index contributed by atoms with van der Waals surface area (Å²) in [6.07, 6.45) is 0. The van der Waals surface area contributed by atoms with Gasteiger partial charge in [0, 0.05) is 5.69 Å². The van der Waals surface area contributed by atoms with Gasteiger partial charge in [-0.25, -0.2) is 0 Å². The Hall–Kier alpha value is -1.84. The van der Waals surface area contributed by atoms with Gasteiger partial charge in [-0.3, -0.25) is 4.79 Å². The van der Waals surface area contributed by atoms with E-state index in [4.69, 9.17) is 10.00 Å². The fourth-order valence-electron chi connectivity index (χ4n) is 1.58. The van der Waals surface area contributed by atoms with Crippen molar-refractivity contribution >= 4 is 43.5 Å². The Bertz CT molecular complexity index is 674. The molecule has 106 valence electrons. The van der Waals surface area contributed by atoms with Crippen molar-refractivity contribution in [3.8, 4) is 11.8 Å². The smallest absolute Gasteiger partial charge is 0.262 e. The van der Waals surface area contributed by atoms with Crippen molar-refractivity contribution in [2.45, 2.75) is 0 Å². The maximum atomic E-state index is 11.8. The minimum atomic E-state index is -0.276. The van der Waals surface area contributed by atoms with E-state index in [-0.39, 0.29) is 12.5 Å². The molecule has 0 saturated carbocycles. The van der Waals surface area contributed by atoms with Gasteiger partial charge < -0.3 is 10.1 Å². The van der Waals surface area contributed by atoms with Crippen LogP contribution in [-0.2, 0) is 4.79 Å². The molecule has 0 atom stereocenters. The van der Waals surface area contributed by atoms with E-state index >= 15 is 0 Å². The number of carbonyl (C=O) groups is 1. The summed E-state index contributed by atoms with van der Waals surface area (Å²) in [5, 5.41) is 11.4. The van der Waals surface area contributed by atoms with Crippen molar-refractivity contribution < 1.29 is 9.53 Å². The molecule has 21 heavy (non-hydrogen) atoms. The zero-order valence-electron chi connectivity index (χ0n) is 10.8. The summed E-state index contributed by atoms with van der Waals surface area (Å²) < 4.78 is 7.02. The number of halogens is 2. The molecule has 2 aromatic rings. The number of hydrogen-bond acceptors (Lipinski definition) is 3. The molecule has 0 spiro atoms. The predicted octanol–water partition coefficient (Wildman–Crippen LogP) is 4.10. The standard InChI is InChI=1S/C15H10Br2N2O2/c16-12-2-1-3-13(17)15(12)21-9-14(20)19-11-6-4-10(8-18)5-7-11/h1-7H,9H2,(H,19,20). The maximum absolute atomic E-state index is 11.8. The maximum Gasteiger partial charge on any atom is 0.262 e. The third-order valence-electron chi connectivity index (χ3n) is 2.56. The zero-order chi connectivity index (χ0) is 15.2. The number of nitrogens with one attached hydrogen (secondary N) is 1. The second-order valence-corrected chi connectivity index (χ2v) is 5.79. The number of amides is 1. The van der Waals surface area contributed by atoms with E-state index < -0.39 is 0 Å². The number of nitriles is 1. The van der Waals surface area contributed by atoms with E-state index in [1.165, 1.54) is 0 Å². The van der Waals surface area contributed by atoms with Crippen LogP contribution in [0.25, 0.3) is 0 Å². The first kappa shape index (κ1) is 15.5. The van der Waals surface area contributed by atoms with Crippen LogP contribution < -0.4 is 10.1 Å². The molecule has 2 rings (SSSR count). The molecule has 1 N–H and O–H groups in total. The van der Waals surface area contributed by atoms with Gasteiger partial charge in [0.05, 0.1) is 20.6 Å². The number of hydrogen-bond donors (Lipinski definition) is 1. The molecule has 0 aromatic heterocycles. The van der Waals surface area contributed by atoms with Gasteiger partial charge in [0.15, 0.2) is 6.61 Å². The lowest BCUT2D eigenvalue weighted by molar-refractivity contribution is -0.118. The average Bonchev–Trinajstić information content (AvgIpc) is 2.47. The van der Waals surface area contributed by atoms with Crippen LogP contribution in [0.15, 0.2) is 51.4 Å². The van der Waals surface area contributed by atoms with E-state index in [2.05, 4.69) is 37.2 Å². The van der Waals surface area contributed by atoms with Gasteiger partial charge in [0.2, 0.25) is 0 Å². The van der Waals surface area contributed by atoms with Crippen molar-refractivity contribution in [3.63, 3.8) is 0 Å². The molecule has 0 radical (unpaired) electrons. The Morgan fingerprint density at radius 1 is 1.14 bits per heavy atom. The number of nitrogens with zero attached hydrogens (tertiary/aromatic N) is 1. The Kier molecular flexibility index (Phi) is 5.37. The first-order valence-electron chi connectivity index (χ1n) is 5.97. The number of ether oxygens (including phenoxy) is 1. The molecule has 0 aliphatic heterocycles. The molecule has 4 nitrogen and oxygen atoms in total. The summed E-state index contributed by atoms with van der Waals surface area (Å²) >= 11 is 6.73. The summed E-state index contributed by atoms with van der Waals surface area (Å²) in [6, 6.07) is 14.2. The lowest BCUT2D eigenvalue weighted by Gasteiger charge is -2.10. The minimum Gasteiger partial charge on any atom is -0.481 e. The van der Waals surface area contributed by atoms with Gasteiger partial charge in [-0.15, -0.1) is 0 Å². The van der Waals surface area contributed by atoms with E-state index in [0.717, 1.165) is 8.95 Å². The number of anilines is 1. The SMILES string of the molecule is N#Cc1ccc(NC(=O)COc2c(Br)cccc2Br)cc1. The van der Waals surface area contributed by atoms with Crippen molar-refractivity contribution in [3.05, 3.63) is 57.0 Å². The molecule has 0 unspecified atom stereocenters. The molecule has 0 bridgehead atoms. The monoisotopic (exact) mass is 408 g/mol. The van der Waals surface area contributed by atoms with Crippen LogP contribution in [0.3, 0.4) is 0 Å². The highest BCUT2D eigenvalue weighted by Crippen LogP contribution is 2.32. The van der Waals surface area contributed by atoms with Gasteiger partial charge >= 0.3 is 0 Å². The van der Waals surface area contributed by atoms with E-state index in [0.29, 0.717) is 17.0 Å². The van der Waals surface area contributed by atoms with E-state index in [1.54, 1.807) is 24.3 Å². The Morgan fingerprint density at radius 2 is 1.76 bits per heavy atom. The van der Waals surface area contributed by atoms with Gasteiger partial charge in [0.1, 0.15) is 5.75 Å². The van der Waals surface area contributed by atoms with Crippen LogP contribution in [0.1, 0.15) is 5.56 Å². The quantitative estimate of drug-likeness (QED) is 0.826. The summed E-state index contributed by atoms with van der Waals surface area (Å²) in [5.41, 5.74) is 1.16. The van der Waals surface area contributed by atoms with Crippen molar-refractivity contribution in [2.24, 2.45) is 0 Å². The largest absolute Gasteiger partial charge is 0.481 e. The van der Waals surface area contributed by atoms with Crippen LogP contribution >= 0.6 is 31.9 Å². The second kappa shape index (κ2) is 7.25. The summed E-state index contributed by atoms with van der Waals surface area (Å²) in [6.45, 7) is -0.110. The second-order valence-electron chi connectivity index (χ2n) is 4.08. The number of carbonyl (C=O) groups excluding carboxylic acids is 1. The predicted molar refractivity (Wildman–Crippen MR) is 87.1 cm³/mol. The number of para-hydroxylation sites is 1. The lowest BCUT2D eigenvalue weighted by Crippen LogP contribution is -2.20. The molecular formula is C15H10Br2N2O2. The topological polar surface area (TPSA) is 62.1 Å². The van der Waals surface area contributed by atoms with Crippen LogP contribution in [0.5, 0.6) is 5.75 Å². The third-order valence-corrected chi connectivity index (χ3v) is 3.81. The minimum absolute atomic E-state index is 0.110. The van der Waals surface area contributed by atoms with Gasteiger partial charge in [0.25, 0.3) is 5.91 Å². The van der Waals surface area contributed by atoms with Gasteiger partial charge in [-0.05, 0) is 68.3 Å². The molecule has 0 aliphatic rings. The Labute approximate surface area is 139 Å². The molecular weight excluding hydrogens is 400 g/mol. The van der Waals surface area contributed by atoms with Crippen molar-refractivity contribution in [1.29, 1.82) is 5.26 Å². The van der Waals surface area contributed by atoms with Crippen molar-refractivity contribution in [1.82, 2.24) is 0 Å². The first-order valence-corrected chi connectivity index (χ1v) is 7.55. The van der Waals surface area contributed by atoms with Gasteiger partial charge in [-0.1, -0.05) is 6.07 Å². The first-order chi connectivity index (χ1) is 10.1. The molecule has 0 fully saturated rings.